The molecule has 0 aliphatic carbocycles. The molecule has 0 aliphatic rings. The molecule has 1 heterocycles. The molecule has 0 spiro atoms. The number of nitrogens with one attached hydrogen (secondary N) is 1. The minimum atomic E-state index is -0.400. The van der Waals surface area contributed by atoms with Crippen molar-refractivity contribution in [2.45, 2.75) is 13.5 Å². The van der Waals surface area contributed by atoms with Crippen LogP contribution in [-0.4, -0.2) is 20.1 Å². The topological polar surface area (TPSA) is 69.9 Å². The number of carbonyl (C=O) groups excluding carboxylic acids is 1. The Morgan fingerprint density at radius 1 is 1.04 bits per heavy atom. The van der Waals surface area contributed by atoms with E-state index in [9.17, 15) is 9.18 Å². The van der Waals surface area contributed by atoms with E-state index in [0.717, 1.165) is 5.56 Å². The molecule has 0 saturated carbocycles. The normalized spacial score (nSPS) is 10.4. The lowest BCUT2D eigenvalue weighted by atomic mass is 10.1. The molecular formula is C21H20FNO5. The Bertz CT molecular complexity index is 965. The third kappa shape index (κ3) is 4.43. The fourth-order valence-corrected chi connectivity index (χ4v) is 2.56. The number of halogens is 1. The molecule has 1 aromatic heterocycles. The molecule has 0 fully saturated rings. The van der Waals surface area contributed by atoms with Crippen LogP contribution in [-0.2, 0) is 6.61 Å². The van der Waals surface area contributed by atoms with Crippen molar-refractivity contribution in [2.24, 2.45) is 0 Å². The number of ether oxygens (including phenoxy) is 3. The van der Waals surface area contributed by atoms with Crippen LogP contribution in [0, 0.1) is 12.7 Å². The summed E-state index contributed by atoms with van der Waals surface area (Å²) in [6.45, 7) is 1.97. The minimum Gasteiger partial charge on any atom is -0.493 e. The van der Waals surface area contributed by atoms with Gasteiger partial charge in [-0.2, -0.15) is 0 Å². The first-order valence-electron chi connectivity index (χ1n) is 8.51. The molecule has 0 radical (unpaired) electrons. The lowest BCUT2D eigenvalue weighted by molar-refractivity contribution is 0.0992. The van der Waals surface area contributed by atoms with Crippen molar-refractivity contribution in [1.29, 1.82) is 0 Å². The first-order chi connectivity index (χ1) is 13.5. The number of amides is 1. The average Bonchev–Trinajstić information content (AvgIpc) is 3.18. The molecule has 3 aromatic rings. The fourth-order valence-electron chi connectivity index (χ4n) is 2.56. The van der Waals surface area contributed by atoms with Gasteiger partial charge in [-0.25, -0.2) is 4.39 Å². The molecule has 7 heteroatoms. The number of aryl methyl sites for hydroxylation is 1. The molecule has 146 valence electrons. The maximum atomic E-state index is 12.9. The van der Waals surface area contributed by atoms with E-state index in [4.69, 9.17) is 18.6 Å². The van der Waals surface area contributed by atoms with E-state index in [-0.39, 0.29) is 18.2 Å². The van der Waals surface area contributed by atoms with Crippen LogP contribution >= 0.6 is 0 Å². The monoisotopic (exact) mass is 385 g/mol. The zero-order valence-electron chi connectivity index (χ0n) is 15.7. The molecule has 1 N–H and O–H groups in total. The second-order valence-corrected chi connectivity index (χ2v) is 5.98. The molecule has 0 atom stereocenters. The lowest BCUT2D eigenvalue weighted by Crippen LogP contribution is -2.12. The number of furan rings is 1. The van der Waals surface area contributed by atoms with E-state index >= 15 is 0 Å². The van der Waals surface area contributed by atoms with Crippen molar-refractivity contribution in [3.63, 3.8) is 0 Å². The zero-order chi connectivity index (χ0) is 20.1. The Morgan fingerprint density at radius 3 is 2.39 bits per heavy atom. The molecule has 6 nitrogen and oxygen atoms in total. The molecule has 0 unspecified atom stereocenters. The third-order valence-electron chi connectivity index (χ3n) is 4.06. The molecular weight excluding hydrogens is 365 g/mol. The SMILES string of the molecule is COc1cc(C)c(NC(=O)c2ccc(COc3ccc(F)cc3)o2)cc1OC. The van der Waals surface area contributed by atoms with Gasteiger partial charge in [0.05, 0.1) is 14.2 Å². The number of methoxy groups -OCH3 is 2. The largest absolute Gasteiger partial charge is 0.493 e. The molecule has 3 rings (SSSR count). The van der Waals surface area contributed by atoms with E-state index in [1.54, 1.807) is 31.4 Å². The Balaban J connectivity index is 1.66. The van der Waals surface area contributed by atoms with E-state index in [1.807, 2.05) is 6.92 Å². The quantitative estimate of drug-likeness (QED) is 0.645. The predicted octanol–water partition coefficient (Wildman–Crippen LogP) is 4.58. The van der Waals surface area contributed by atoms with Crippen LogP contribution in [0.5, 0.6) is 17.2 Å². The highest BCUT2D eigenvalue weighted by atomic mass is 19.1. The van der Waals surface area contributed by atoms with Gasteiger partial charge in [0.15, 0.2) is 17.3 Å². The van der Waals surface area contributed by atoms with Gasteiger partial charge in [-0.1, -0.05) is 0 Å². The van der Waals surface area contributed by atoms with Gasteiger partial charge in [-0.3, -0.25) is 4.79 Å². The summed E-state index contributed by atoms with van der Waals surface area (Å²) < 4.78 is 34.5. The summed E-state index contributed by atoms with van der Waals surface area (Å²) in [6, 6.07) is 12.3. The highest BCUT2D eigenvalue weighted by molar-refractivity contribution is 6.02. The Hall–Kier alpha value is -3.48. The van der Waals surface area contributed by atoms with Crippen LogP contribution in [0.15, 0.2) is 52.9 Å². The van der Waals surface area contributed by atoms with E-state index in [0.29, 0.717) is 28.7 Å². The third-order valence-corrected chi connectivity index (χ3v) is 4.06. The highest BCUT2D eigenvalue weighted by Gasteiger charge is 2.15. The molecule has 0 aliphatic heterocycles. The van der Waals surface area contributed by atoms with Gasteiger partial charge in [-0.15, -0.1) is 0 Å². The first kappa shape index (κ1) is 19.3. The van der Waals surface area contributed by atoms with Crippen LogP contribution in [0.4, 0.5) is 10.1 Å². The van der Waals surface area contributed by atoms with Crippen molar-refractivity contribution in [1.82, 2.24) is 0 Å². The summed E-state index contributed by atoms with van der Waals surface area (Å²) in [4.78, 5) is 12.5. The maximum absolute atomic E-state index is 12.9. The summed E-state index contributed by atoms with van der Waals surface area (Å²) >= 11 is 0. The second kappa shape index (κ2) is 8.47. The molecule has 28 heavy (non-hydrogen) atoms. The van der Waals surface area contributed by atoms with Crippen LogP contribution in [0.3, 0.4) is 0 Å². The summed E-state index contributed by atoms with van der Waals surface area (Å²) in [7, 11) is 3.08. The van der Waals surface area contributed by atoms with Gasteiger partial charge in [0.1, 0.15) is 23.9 Å². The fraction of sp³-hybridized carbons (Fsp3) is 0.190. The summed E-state index contributed by atoms with van der Waals surface area (Å²) in [6.07, 6.45) is 0. The number of rotatable bonds is 7. The smallest absolute Gasteiger partial charge is 0.291 e. The minimum absolute atomic E-state index is 0.119. The van der Waals surface area contributed by atoms with Crippen molar-refractivity contribution in [3.8, 4) is 17.2 Å². The standard InChI is InChI=1S/C21H20FNO5/c1-13-10-19(25-2)20(26-3)11-17(13)23-21(24)18-9-8-16(28-18)12-27-15-6-4-14(22)5-7-15/h4-11H,12H2,1-3H3,(H,23,24). The number of anilines is 1. The highest BCUT2D eigenvalue weighted by Crippen LogP contribution is 2.33. The second-order valence-electron chi connectivity index (χ2n) is 5.98. The molecule has 2 aromatic carbocycles. The van der Waals surface area contributed by atoms with Gasteiger partial charge in [-0.05, 0) is 55.0 Å². The molecule has 1 amide bonds. The predicted molar refractivity (Wildman–Crippen MR) is 102 cm³/mol. The van der Waals surface area contributed by atoms with Gasteiger partial charge >= 0.3 is 0 Å². The van der Waals surface area contributed by atoms with Crippen LogP contribution in [0.25, 0.3) is 0 Å². The van der Waals surface area contributed by atoms with Crippen molar-refractivity contribution < 1.29 is 27.8 Å². The average molecular weight is 385 g/mol. The molecule has 0 bridgehead atoms. The number of carbonyl (C=O) groups is 1. The van der Waals surface area contributed by atoms with Gasteiger partial charge in [0, 0.05) is 11.8 Å². The van der Waals surface area contributed by atoms with Crippen LogP contribution in [0.1, 0.15) is 21.9 Å². The van der Waals surface area contributed by atoms with E-state index in [1.165, 1.54) is 31.4 Å². The Labute approximate surface area is 161 Å². The summed E-state index contributed by atoms with van der Waals surface area (Å²) in [5, 5.41) is 2.80. The Morgan fingerprint density at radius 2 is 1.71 bits per heavy atom. The number of hydrogen-bond acceptors (Lipinski definition) is 5. The van der Waals surface area contributed by atoms with Crippen LogP contribution < -0.4 is 19.5 Å². The Kier molecular flexibility index (Phi) is 5.84. The van der Waals surface area contributed by atoms with Crippen molar-refractivity contribution in [2.75, 3.05) is 19.5 Å². The van der Waals surface area contributed by atoms with E-state index in [2.05, 4.69) is 5.32 Å². The lowest BCUT2D eigenvalue weighted by Gasteiger charge is -2.13. The van der Waals surface area contributed by atoms with Gasteiger partial charge in [0.2, 0.25) is 0 Å². The number of hydrogen-bond donors (Lipinski definition) is 1. The first-order valence-corrected chi connectivity index (χ1v) is 8.51. The number of benzene rings is 2. The summed E-state index contributed by atoms with van der Waals surface area (Å²) in [5.41, 5.74) is 1.40. The zero-order valence-corrected chi connectivity index (χ0v) is 15.7. The van der Waals surface area contributed by atoms with Crippen LogP contribution in [0.2, 0.25) is 0 Å². The van der Waals surface area contributed by atoms with Crippen molar-refractivity contribution >= 4 is 11.6 Å². The summed E-state index contributed by atoms with van der Waals surface area (Å²) in [5.74, 6) is 1.47. The molecule has 0 saturated heterocycles. The van der Waals surface area contributed by atoms with E-state index < -0.39 is 5.91 Å². The van der Waals surface area contributed by atoms with Crippen molar-refractivity contribution in [3.05, 3.63) is 71.4 Å². The van der Waals surface area contributed by atoms with Gasteiger partial charge < -0.3 is 23.9 Å². The maximum Gasteiger partial charge on any atom is 0.291 e. The van der Waals surface area contributed by atoms with Gasteiger partial charge in [0.25, 0.3) is 5.91 Å².